The highest BCUT2D eigenvalue weighted by atomic mass is 127. The predicted molar refractivity (Wildman–Crippen MR) is 171 cm³/mol. The van der Waals surface area contributed by atoms with Gasteiger partial charge in [-0.3, -0.25) is 19.3 Å². The number of halogens is 1. The second-order valence-electron chi connectivity index (χ2n) is 11.3. The summed E-state index contributed by atoms with van der Waals surface area (Å²) < 4.78 is 10.4. The number of ketones is 2. The quantitative estimate of drug-likeness (QED) is 0.101. The number of aliphatic hydroxyl groups excluding tert-OH is 2. The molecular weight excluding hydrogens is 699 g/mol. The van der Waals surface area contributed by atoms with Gasteiger partial charge >= 0.3 is 11.9 Å². The summed E-state index contributed by atoms with van der Waals surface area (Å²) in [5, 5.41) is 34.5. The van der Waals surface area contributed by atoms with Gasteiger partial charge in [0.05, 0.1) is 28.4 Å². The van der Waals surface area contributed by atoms with Crippen LogP contribution in [0.4, 0.5) is 0 Å². The van der Waals surface area contributed by atoms with Crippen molar-refractivity contribution in [3.05, 3.63) is 66.5 Å². The molecular formula is C32H35IN2O10. The first-order valence-electron chi connectivity index (χ1n) is 14.3. The van der Waals surface area contributed by atoms with Crippen LogP contribution < -0.4 is 5.73 Å². The van der Waals surface area contributed by atoms with E-state index in [2.05, 4.69) is 0 Å². The Hall–Kier alpha value is -3.82. The molecule has 1 fully saturated rings. The molecule has 0 spiro atoms. The third-order valence-electron chi connectivity index (χ3n) is 8.45. The first kappa shape index (κ1) is 34.1. The highest BCUT2D eigenvalue weighted by molar-refractivity contribution is 14.1. The second-order valence-corrected chi connectivity index (χ2v) is 12.5. The van der Waals surface area contributed by atoms with E-state index in [1.807, 2.05) is 0 Å². The first-order valence-corrected chi connectivity index (χ1v) is 15.4. The van der Waals surface area contributed by atoms with Crippen LogP contribution >= 0.6 is 22.6 Å². The Morgan fingerprint density at radius 2 is 1.73 bits per heavy atom. The average Bonchev–Trinajstić information content (AvgIpc) is 2.95. The van der Waals surface area contributed by atoms with E-state index in [4.69, 9.17) is 15.2 Å². The molecule has 0 heterocycles. The summed E-state index contributed by atoms with van der Waals surface area (Å²) >= 11 is 1.77. The molecule has 4 atom stereocenters. The molecule has 4 rings (SSSR count). The zero-order chi connectivity index (χ0) is 33.5. The molecule has 1 saturated carbocycles. The zero-order valence-corrected chi connectivity index (χ0v) is 27.6. The summed E-state index contributed by atoms with van der Waals surface area (Å²) in [6.45, 7) is 5.24. The third-order valence-corrected chi connectivity index (χ3v) is 9.20. The molecule has 0 unspecified atom stereocenters. The molecule has 45 heavy (non-hydrogen) atoms. The largest absolute Gasteiger partial charge is 0.508 e. The normalized spacial score (nSPS) is 25.1. The van der Waals surface area contributed by atoms with Crippen molar-refractivity contribution in [2.45, 2.75) is 45.3 Å². The number of primary amides is 1. The Bertz CT molecular complexity index is 1640. The van der Waals surface area contributed by atoms with Crippen LogP contribution in [0, 0.1) is 18.8 Å². The van der Waals surface area contributed by atoms with Crippen molar-refractivity contribution in [2.24, 2.45) is 17.6 Å². The molecule has 0 aromatic heterocycles. The third kappa shape index (κ3) is 5.72. The SMILES string of the molecule is CCOC(=O)/C(I)=C/C(=C/c1ccc(C)c2c1C[C@H]1C[C@H]3[C@H](N(C)C)C(=O)C(C(N)=O)=C(O)[C@@]3(O)C(=O)C1=C2O)C(=O)OCC. The van der Waals surface area contributed by atoms with Crippen molar-refractivity contribution >= 4 is 63.8 Å². The zero-order valence-electron chi connectivity index (χ0n) is 25.5. The van der Waals surface area contributed by atoms with Gasteiger partial charge in [0.1, 0.15) is 17.1 Å². The minimum absolute atomic E-state index is 0.0196. The number of likely N-dealkylation sites (N-methyl/N-ethyl adjacent to an activating group) is 1. The molecule has 0 saturated heterocycles. The Balaban J connectivity index is 1.93. The fraction of sp³-hybridized carbons (Fsp3) is 0.406. The van der Waals surface area contributed by atoms with Gasteiger partial charge in [-0.05, 0) is 105 Å². The van der Waals surface area contributed by atoms with Crippen LogP contribution in [-0.4, -0.2) is 88.6 Å². The molecule has 3 aliphatic rings. The van der Waals surface area contributed by atoms with Crippen molar-refractivity contribution < 1.29 is 48.8 Å². The fourth-order valence-corrected chi connectivity index (χ4v) is 7.03. The summed E-state index contributed by atoms with van der Waals surface area (Å²) in [4.78, 5) is 66.3. The van der Waals surface area contributed by atoms with Gasteiger partial charge in [-0.25, -0.2) is 9.59 Å². The van der Waals surface area contributed by atoms with Gasteiger partial charge in [-0.1, -0.05) is 12.1 Å². The van der Waals surface area contributed by atoms with E-state index in [9.17, 15) is 39.3 Å². The number of hydrogen-bond acceptors (Lipinski definition) is 11. The van der Waals surface area contributed by atoms with Crippen LogP contribution in [-0.2, 0) is 39.9 Å². The molecule has 3 aliphatic carbocycles. The molecule has 12 nitrogen and oxygen atoms in total. The monoisotopic (exact) mass is 734 g/mol. The standard InChI is InChI=1S/C32H35IN2O10/c1-6-44-30(41)17(13-20(33)31(42)45-7-2)10-15-9-8-14(3)21-18(15)11-16-12-19-24(35(4)5)26(37)23(29(34)40)28(39)32(19,43)27(38)22(16)25(21)36/h8-10,13,16,19,24,36,39,43H,6-7,11-12H2,1-5H3,(H2,34,40)/b17-10-,20-13-/t16-,19-,24-,32-/m0/s1. The molecule has 0 radical (unpaired) electrons. The van der Waals surface area contributed by atoms with Gasteiger partial charge in [0, 0.05) is 17.1 Å². The Labute approximate surface area is 273 Å². The molecule has 5 N–H and O–H groups in total. The number of benzene rings is 1. The summed E-state index contributed by atoms with van der Waals surface area (Å²) in [5.74, 6) is -7.86. The van der Waals surface area contributed by atoms with Gasteiger partial charge in [-0.15, -0.1) is 0 Å². The van der Waals surface area contributed by atoms with E-state index < -0.39 is 70.0 Å². The maximum Gasteiger partial charge on any atom is 0.344 e. The summed E-state index contributed by atoms with van der Waals surface area (Å²) in [5.41, 5.74) is 3.74. The molecule has 0 aliphatic heterocycles. The van der Waals surface area contributed by atoms with Crippen LogP contribution in [0.3, 0.4) is 0 Å². The number of carbonyl (C=O) groups is 5. The molecule has 0 bridgehead atoms. The van der Waals surface area contributed by atoms with Crippen molar-refractivity contribution in [1.29, 1.82) is 0 Å². The lowest BCUT2D eigenvalue weighted by atomic mass is 9.57. The van der Waals surface area contributed by atoms with E-state index in [-0.39, 0.29) is 40.8 Å². The fourth-order valence-electron chi connectivity index (χ4n) is 6.54. The van der Waals surface area contributed by atoms with Crippen molar-refractivity contribution in [2.75, 3.05) is 27.3 Å². The maximum atomic E-state index is 14.1. The van der Waals surface area contributed by atoms with Gasteiger partial charge < -0.3 is 30.5 Å². The number of aryl methyl sites for hydroxylation is 1. The molecule has 240 valence electrons. The van der Waals surface area contributed by atoms with Crippen molar-refractivity contribution in [3.8, 4) is 0 Å². The van der Waals surface area contributed by atoms with Crippen LogP contribution in [0.15, 0.2) is 44.3 Å². The predicted octanol–water partition coefficient (Wildman–Crippen LogP) is 2.40. The number of ether oxygens (including phenoxy) is 2. The van der Waals surface area contributed by atoms with Gasteiger partial charge in [0.15, 0.2) is 11.4 Å². The second kappa shape index (κ2) is 12.9. The Morgan fingerprint density at radius 3 is 2.31 bits per heavy atom. The highest BCUT2D eigenvalue weighted by Gasteiger charge is 2.64. The molecule has 1 aromatic rings. The number of Topliss-reactive ketones (excluding diaryl/α,β-unsaturated/α-hetero) is 2. The average molecular weight is 735 g/mol. The molecule has 13 heteroatoms. The summed E-state index contributed by atoms with van der Waals surface area (Å²) in [6, 6.07) is 2.24. The van der Waals surface area contributed by atoms with E-state index in [1.54, 1.807) is 69.6 Å². The number of esters is 2. The smallest absolute Gasteiger partial charge is 0.344 e. The summed E-state index contributed by atoms with van der Waals surface area (Å²) in [7, 11) is 3.09. The van der Waals surface area contributed by atoms with Gasteiger partial charge in [-0.2, -0.15) is 0 Å². The van der Waals surface area contributed by atoms with E-state index >= 15 is 0 Å². The topological polar surface area (TPSA) is 194 Å². The van der Waals surface area contributed by atoms with E-state index in [0.29, 0.717) is 22.3 Å². The molecule has 1 amide bonds. The summed E-state index contributed by atoms with van der Waals surface area (Å²) in [6.07, 6.45) is 3.01. The number of nitrogens with zero attached hydrogens (tertiary/aromatic N) is 1. The number of nitrogens with two attached hydrogens (primary N) is 1. The number of fused-ring (bicyclic) bond motifs is 3. The highest BCUT2D eigenvalue weighted by Crippen LogP contribution is 2.52. The lowest BCUT2D eigenvalue weighted by molar-refractivity contribution is -0.153. The lowest BCUT2D eigenvalue weighted by Crippen LogP contribution is -2.65. The number of amides is 1. The van der Waals surface area contributed by atoms with Crippen LogP contribution in [0.25, 0.3) is 11.8 Å². The van der Waals surface area contributed by atoms with Crippen LogP contribution in [0.2, 0.25) is 0 Å². The minimum Gasteiger partial charge on any atom is -0.508 e. The van der Waals surface area contributed by atoms with Crippen molar-refractivity contribution in [1.82, 2.24) is 4.90 Å². The van der Waals surface area contributed by atoms with Gasteiger partial charge in [0.2, 0.25) is 5.78 Å². The Morgan fingerprint density at radius 1 is 1.11 bits per heavy atom. The maximum absolute atomic E-state index is 14.1. The Kier molecular flexibility index (Phi) is 9.75. The van der Waals surface area contributed by atoms with Crippen molar-refractivity contribution in [3.63, 3.8) is 0 Å². The van der Waals surface area contributed by atoms with E-state index in [1.165, 1.54) is 17.1 Å². The number of carbonyl (C=O) groups excluding carboxylic acids is 5. The van der Waals surface area contributed by atoms with E-state index in [0.717, 1.165) is 0 Å². The van der Waals surface area contributed by atoms with Gasteiger partial charge in [0.25, 0.3) is 5.91 Å². The number of rotatable bonds is 8. The van der Waals surface area contributed by atoms with Crippen LogP contribution in [0.5, 0.6) is 0 Å². The number of hydrogen-bond donors (Lipinski definition) is 4. The first-order chi connectivity index (χ1) is 21.1. The lowest BCUT2D eigenvalue weighted by Gasteiger charge is -2.50. The minimum atomic E-state index is -2.68. The molecule has 1 aromatic carbocycles. The number of aliphatic hydroxyl groups is 3. The van der Waals surface area contributed by atoms with Crippen LogP contribution in [0.1, 0.15) is 42.5 Å².